The van der Waals surface area contributed by atoms with Crippen LogP contribution >= 0.6 is 11.6 Å². The Morgan fingerprint density at radius 3 is 2.80 bits per heavy atom. The molecule has 15 heavy (non-hydrogen) atoms. The highest BCUT2D eigenvalue weighted by atomic mass is 35.5. The van der Waals surface area contributed by atoms with E-state index in [1.807, 2.05) is 0 Å². The first kappa shape index (κ1) is 12.7. The van der Waals surface area contributed by atoms with Gasteiger partial charge in [0.05, 0.1) is 5.75 Å². The number of sulfonamides is 1. The second-order valence-corrected chi connectivity index (χ2v) is 5.77. The van der Waals surface area contributed by atoms with Gasteiger partial charge in [-0.1, -0.05) is 0 Å². The average molecular weight is 255 g/mol. The Morgan fingerprint density at radius 2 is 2.27 bits per heavy atom. The summed E-state index contributed by atoms with van der Waals surface area (Å²) in [5, 5.41) is 2.62. The molecular formula is C8H15ClN2O3S. The quantitative estimate of drug-likeness (QED) is 0.668. The number of halogens is 1. The molecule has 1 aliphatic rings. The van der Waals surface area contributed by atoms with Crippen molar-refractivity contribution in [3.05, 3.63) is 0 Å². The Bertz CT molecular complexity index is 308. The first-order chi connectivity index (χ1) is 7.03. The summed E-state index contributed by atoms with van der Waals surface area (Å²) < 4.78 is 25.5. The largest absolute Gasteiger partial charge is 0.355 e. The van der Waals surface area contributed by atoms with Crippen molar-refractivity contribution in [3.8, 4) is 0 Å². The summed E-state index contributed by atoms with van der Waals surface area (Å²) in [4.78, 5) is 10.8. The van der Waals surface area contributed by atoms with Crippen molar-refractivity contribution in [2.24, 2.45) is 0 Å². The van der Waals surface area contributed by atoms with Crippen molar-refractivity contribution in [2.75, 3.05) is 18.2 Å². The Balaban J connectivity index is 2.37. The van der Waals surface area contributed by atoms with E-state index in [1.54, 1.807) is 0 Å². The van der Waals surface area contributed by atoms with E-state index in [9.17, 15) is 13.2 Å². The van der Waals surface area contributed by atoms with Gasteiger partial charge in [0.15, 0.2) is 0 Å². The predicted octanol–water partition coefficient (Wildman–Crippen LogP) is -0.187. The Kier molecular flexibility index (Phi) is 4.82. The maximum Gasteiger partial charge on any atom is 0.220 e. The summed E-state index contributed by atoms with van der Waals surface area (Å²) in [5.74, 6) is 0.356. The molecule has 0 radical (unpaired) electrons. The monoisotopic (exact) mass is 254 g/mol. The summed E-state index contributed by atoms with van der Waals surface area (Å²) in [6.07, 6.45) is 1.38. The lowest BCUT2D eigenvalue weighted by Crippen LogP contribution is -2.48. The Morgan fingerprint density at radius 1 is 1.53 bits per heavy atom. The molecule has 0 bridgehead atoms. The zero-order chi connectivity index (χ0) is 11.3. The fourth-order valence-electron chi connectivity index (χ4n) is 1.39. The lowest BCUT2D eigenvalue weighted by molar-refractivity contribution is -0.122. The zero-order valence-electron chi connectivity index (χ0n) is 8.33. The Hall–Kier alpha value is -0.330. The molecule has 1 unspecified atom stereocenters. The molecule has 1 aliphatic heterocycles. The summed E-state index contributed by atoms with van der Waals surface area (Å²) in [7, 11) is -3.25. The van der Waals surface area contributed by atoms with Gasteiger partial charge in [-0.3, -0.25) is 4.79 Å². The summed E-state index contributed by atoms with van der Waals surface area (Å²) in [5.41, 5.74) is 0. The first-order valence-corrected chi connectivity index (χ1v) is 7.05. The second kappa shape index (κ2) is 5.67. The van der Waals surface area contributed by atoms with Gasteiger partial charge in [-0.15, -0.1) is 11.6 Å². The third-order valence-corrected chi connectivity index (χ3v) is 3.94. The van der Waals surface area contributed by atoms with Gasteiger partial charge >= 0.3 is 0 Å². The van der Waals surface area contributed by atoms with Crippen molar-refractivity contribution in [3.63, 3.8) is 0 Å². The molecule has 1 amide bonds. The molecule has 1 atom stereocenters. The van der Waals surface area contributed by atoms with Crippen LogP contribution in [0.2, 0.25) is 0 Å². The summed E-state index contributed by atoms with van der Waals surface area (Å²) in [6, 6.07) is -0.178. The van der Waals surface area contributed by atoms with E-state index in [-0.39, 0.29) is 17.7 Å². The van der Waals surface area contributed by atoms with Gasteiger partial charge in [-0.2, -0.15) is 0 Å². The van der Waals surface area contributed by atoms with Gasteiger partial charge in [0.2, 0.25) is 15.9 Å². The van der Waals surface area contributed by atoms with Crippen molar-refractivity contribution in [1.82, 2.24) is 10.0 Å². The number of piperidine rings is 1. The van der Waals surface area contributed by atoms with E-state index in [2.05, 4.69) is 10.0 Å². The van der Waals surface area contributed by atoms with E-state index in [1.165, 1.54) is 0 Å². The van der Waals surface area contributed by atoms with Crippen LogP contribution in [-0.4, -0.2) is 38.5 Å². The summed E-state index contributed by atoms with van der Waals surface area (Å²) in [6.45, 7) is 0.374. The van der Waals surface area contributed by atoms with Gasteiger partial charge in [-0.05, 0) is 12.8 Å². The minimum Gasteiger partial charge on any atom is -0.355 e. The van der Waals surface area contributed by atoms with E-state index in [0.29, 0.717) is 31.7 Å². The molecule has 1 saturated heterocycles. The zero-order valence-corrected chi connectivity index (χ0v) is 9.90. The smallest absolute Gasteiger partial charge is 0.220 e. The maximum absolute atomic E-state index is 11.5. The van der Waals surface area contributed by atoms with Crippen LogP contribution in [0.3, 0.4) is 0 Å². The van der Waals surface area contributed by atoms with Crippen LogP contribution in [-0.2, 0) is 14.8 Å². The van der Waals surface area contributed by atoms with Crippen LogP contribution in [0, 0.1) is 0 Å². The van der Waals surface area contributed by atoms with Crippen LogP contribution in [0.25, 0.3) is 0 Å². The number of hydrogen-bond acceptors (Lipinski definition) is 3. The number of nitrogens with one attached hydrogen (secondary N) is 2. The lowest BCUT2D eigenvalue weighted by Gasteiger charge is -2.23. The minimum atomic E-state index is -3.25. The fraction of sp³-hybridized carbons (Fsp3) is 0.875. The molecule has 0 saturated carbocycles. The van der Waals surface area contributed by atoms with Crippen LogP contribution in [0.15, 0.2) is 0 Å². The van der Waals surface area contributed by atoms with Crippen molar-refractivity contribution in [1.29, 1.82) is 0 Å². The topological polar surface area (TPSA) is 75.3 Å². The third kappa shape index (κ3) is 4.81. The number of carbonyl (C=O) groups is 1. The van der Waals surface area contributed by atoms with Crippen molar-refractivity contribution in [2.45, 2.75) is 25.3 Å². The third-order valence-electron chi connectivity index (χ3n) is 2.16. The molecule has 5 nitrogen and oxygen atoms in total. The van der Waals surface area contributed by atoms with Gasteiger partial charge in [0.25, 0.3) is 0 Å². The molecule has 7 heteroatoms. The fourth-order valence-corrected chi connectivity index (χ4v) is 3.03. The lowest BCUT2D eigenvalue weighted by atomic mass is 10.1. The molecule has 1 fully saturated rings. The number of amides is 1. The maximum atomic E-state index is 11.5. The first-order valence-electron chi connectivity index (χ1n) is 4.86. The molecule has 0 aromatic carbocycles. The predicted molar refractivity (Wildman–Crippen MR) is 58.3 cm³/mol. The standard InChI is InChI=1S/C8H15ClN2O3S/c9-4-1-5-15(13,14)11-7-2-3-8(12)10-6-7/h7,11H,1-6H2,(H,10,12). The van der Waals surface area contributed by atoms with E-state index in [4.69, 9.17) is 11.6 Å². The highest BCUT2D eigenvalue weighted by molar-refractivity contribution is 7.89. The molecule has 1 rings (SSSR count). The minimum absolute atomic E-state index is 0.0220. The number of alkyl halides is 1. The van der Waals surface area contributed by atoms with Crippen LogP contribution < -0.4 is 10.0 Å². The Labute approximate surface area is 94.6 Å². The molecule has 1 heterocycles. The normalized spacial score (nSPS) is 22.5. The SMILES string of the molecule is O=C1CCC(NS(=O)(=O)CCCCl)CN1. The van der Waals surface area contributed by atoms with Gasteiger partial charge in [0, 0.05) is 24.9 Å². The number of rotatable bonds is 5. The van der Waals surface area contributed by atoms with Crippen LogP contribution in [0.4, 0.5) is 0 Å². The number of carbonyl (C=O) groups excluding carboxylic acids is 1. The molecular weight excluding hydrogens is 240 g/mol. The molecule has 88 valence electrons. The van der Waals surface area contributed by atoms with E-state index < -0.39 is 10.0 Å². The molecule has 0 aromatic heterocycles. The second-order valence-electron chi connectivity index (χ2n) is 3.52. The molecule has 2 N–H and O–H groups in total. The number of hydrogen-bond donors (Lipinski definition) is 2. The highest BCUT2D eigenvalue weighted by Gasteiger charge is 2.22. The van der Waals surface area contributed by atoms with Gasteiger partial charge in [0.1, 0.15) is 0 Å². The molecule has 0 spiro atoms. The van der Waals surface area contributed by atoms with Crippen LogP contribution in [0.5, 0.6) is 0 Å². The highest BCUT2D eigenvalue weighted by Crippen LogP contribution is 2.04. The molecule has 0 aromatic rings. The van der Waals surface area contributed by atoms with Crippen molar-refractivity contribution >= 4 is 27.5 Å². The van der Waals surface area contributed by atoms with E-state index in [0.717, 1.165) is 0 Å². The van der Waals surface area contributed by atoms with Gasteiger partial charge < -0.3 is 5.32 Å². The van der Waals surface area contributed by atoms with Gasteiger partial charge in [-0.25, -0.2) is 13.1 Å². The summed E-state index contributed by atoms with van der Waals surface area (Å²) >= 11 is 5.42. The van der Waals surface area contributed by atoms with Crippen LogP contribution in [0.1, 0.15) is 19.3 Å². The van der Waals surface area contributed by atoms with E-state index >= 15 is 0 Å². The average Bonchev–Trinajstić information content (AvgIpc) is 2.18. The van der Waals surface area contributed by atoms with Crippen molar-refractivity contribution < 1.29 is 13.2 Å². The molecule has 0 aliphatic carbocycles.